The van der Waals surface area contributed by atoms with Crippen molar-refractivity contribution in [3.63, 3.8) is 0 Å². The smallest absolute Gasteiger partial charge is 0.230 e. The van der Waals surface area contributed by atoms with Crippen molar-refractivity contribution in [2.24, 2.45) is 10.2 Å². The van der Waals surface area contributed by atoms with E-state index in [1.807, 2.05) is 40.1 Å². The largest absolute Gasteiger partial charge is 0.378 e. The molecule has 4 nitrogen and oxygen atoms in total. The second-order valence-corrected chi connectivity index (χ2v) is 5.53. The molecule has 18 heavy (non-hydrogen) atoms. The monoisotopic (exact) mass is 260 g/mol. The quantitative estimate of drug-likeness (QED) is 0.774. The first-order valence-electron chi connectivity index (χ1n) is 5.68. The van der Waals surface area contributed by atoms with Crippen LogP contribution in [0, 0.1) is 13.8 Å². The van der Waals surface area contributed by atoms with Gasteiger partial charge in [0.1, 0.15) is 0 Å². The van der Waals surface area contributed by atoms with Gasteiger partial charge < -0.3 is 4.90 Å². The van der Waals surface area contributed by atoms with Crippen LogP contribution < -0.4 is 4.90 Å². The summed E-state index contributed by atoms with van der Waals surface area (Å²) < 4.78 is 0. The van der Waals surface area contributed by atoms with Crippen LogP contribution in [0.15, 0.2) is 34.6 Å². The van der Waals surface area contributed by atoms with Crippen molar-refractivity contribution in [2.45, 2.75) is 13.8 Å². The third-order valence-corrected chi connectivity index (χ3v) is 3.35. The molecule has 2 aromatic rings. The Kier molecular flexibility index (Phi) is 3.72. The first kappa shape index (κ1) is 12.7. The number of thiazole rings is 1. The van der Waals surface area contributed by atoms with Crippen molar-refractivity contribution in [2.75, 3.05) is 19.0 Å². The molecule has 0 radical (unpaired) electrons. The number of nitrogens with zero attached hydrogens (tertiary/aromatic N) is 4. The van der Waals surface area contributed by atoms with Crippen molar-refractivity contribution in [1.82, 2.24) is 4.98 Å². The summed E-state index contributed by atoms with van der Waals surface area (Å²) in [6.45, 7) is 4.04. The number of anilines is 1. The lowest BCUT2D eigenvalue weighted by molar-refractivity contribution is 1.12. The van der Waals surface area contributed by atoms with Gasteiger partial charge in [-0.15, -0.1) is 10.2 Å². The molecule has 2 rings (SSSR count). The number of rotatable bonds is 3. The van der Waals surface area contributed by atoms with E-state index in [9.17, 15) is 0 Å². The van der Waals surface area contributed by atoms with Crippen LogP contribution in [0.1, 0.15) is 10.4 Å². The summed E-state index contributed by atoms with van der Waals surface area (Å²) in [6.07, 6.45) is 1.81. The lowest BCUT2D eigenvalue weighted by Gasteiger charge is -2.13. The fraction of sp³-hybridized carbons (Fsp3) is 0.308. The van der Waals surface area contributed by atoms with E-state index in [0.29, 0.717) is 5.13 Å². The van der Waals surface area contributed by atoms with E-state index in [0.717, 1.165) is 21.8 Å². The fourth-order valence-corrected chi connectivity index (χ4v) is 2.10. The van der Waals surface area contributed by atoms with Crippen LogP contribution in [-0.4, -0.2) is 19.1 Å². The van der Waals surface area contributed by atoms with Gasteiger partial charge in [0.15, 0.2) is 0 Å². The summed E-state index contributed by atoms with van der Waals surface area (Å²) in [7, 11) is 4.04. The van der Waals surface area contributed by atoms with E-state index in [-0.39, 0.29) is 0 Å². The highest BCUT2D eigenvalue weighted by Crippen LogP contribution is 2.27. The van der Waals surface area contributed by atoms with E-state index in [1.165, 1.54) is 0 Å². The zero-order chi connectivity index (χ0) is 13.1. The molecular formula is C13H16N4S. The number of aromatic nitrogens is 1. The summed E-state index contributed by atoms with van der Waals surface area (Å²) in [5.74, 6) is 0. The molecule has 0 bridgehead atoms. The zero-order valence-corrected chi connectivity index (χ0v) is 11.8. The minimum absolute atomic E-state index is 0.698. The van der Waals surface area contributed by atoms with Gasteiger partial charge in [0, 0.05) is 30.9 Å². The first-order valence-corrected chi connectivity index (χ1v) is 6.50. The molecule has 0 fully saturated rings. The maximum atomic E-state index is 4.24. The van der Waals surface area contributed by atoms with Crippen molar-refractivity contribution >= 4 is 27.8 Å². The average molecular weight is 260 g/mol. The molecule has 0 aliphatic heterocycles. The number of azo groups is 1. The second-order valence-electron chi connectivity index (χ2n) is 4.32. The van der Waals surface area contributed by atoms with Crippen LogP contribution in [0.5, 0.6) is 0 Å². The Bertz CT molecular complexity index is 572. The Morgan fingerprint density at radius 1 is 1.17 bits per heavy atom. The fourth-order valence-electron chi connectivity index (χ4n) is 1.52. The molecule has 1 aromatic heterocycles. The standard InChI is InChI=1S/C13H16N4S/c1-9-7-11(17(3)4)5-6-12(9)15-16-13-14-8-10(2)18-13/h5-8H,1-4H3/b16-15+. The second kappa shape index (κ2) is 5.27. The lowest BCUT2D eigenvalue weighted by atomic mass is 10.2. The predicted octanol–water partition coefficient (Wildman–Crippen LogP) is 4.24. The molecule has 0 unspecified atom stereocenters. The number of aryl methyl sites for hydroxylation is 2. The van der Waals surface area contributed by atoms with Crippen LogP contribution in [0.2, 0.25) is 0 Å². The molecule has 94 valence electrons. The summed E-state index contributed by atoms with van der Waals surface area (Å²) >= 11 is 1.54. The Balaban J connectivity index is 2.22. The van der Waals surface area contributed by atoms with Gasteiger partial charge in [0.25, 0.3) is 0 Å². The van der Waals surface area contributed by atoms with E-state index in [1.54, 1.807) is 17.5 Å². The molecule has 0 saturated heterocycles. The van der Waals surface area contributed by atoms with Crippen molar-refractivity contribution in [1.29, 1.82) is 0 Å². The van der Waals surface area contributed by atoms with Gasteiger partial charge in [-0.25, -0.2) is 4.98 Å². The Labute approximate surface area is 111 Å². The minimum Gasteiger partial charge on any atom is -0.378 e. The zero-order valence-electron chi connectivity index (χ0n) is 11.0. The van der Waals surface area contributed by atoms with Gasteiger partial charge in [-0.2, -0.15) is 0 Å². The molecular weight excluding hydrogens is 244 g/mol. The SMILES string of the molecule is Cc1cnc(/N=N/c2ccc(N(C)C)cc2C)s1. The highest BCUT2D eigenvalue weighted by atomic mass is 32.1. The highest BCUT2D eigenvalue weighted by molar-refractivity contribution is 7.15. The van der Waals surface area contributed by atoms with Gasteiger partial charge in [0.05, 0.1) is 5.69 Å². The van der Waals surface area contributed by atoms with E-state index in [2.05, 4.69) is 26.2 Å². The molecule has 0 atom stereocenters. The molecule has 0 spiro atoms. The van der Waals surface area contributed by atoms with Gasteiger partial charge in [-0.1, -0.05) is 11.3 Å². The Hall–Kier alpha value is -1.75. The maximum Gasteiger partial charge on any atom is 0.230 e. The van der Waals surface area contributed by atoms with Gasteiger partial charge in [0.2, 0.25) is 5.13 Å². The number of benzene rings is 1. The summed E-state index contributed by atoms with van der Waals surface area (Å²) in [5, 5.41) is 9.09. The summed E-state index contributed by atoms with van der Waals surface area (Å²) in [6, 6.07) is 6.12. The minimum atomic E-state index is 0.698. The molecule has 1 aromatic carbocycles. The molecule has 1 heterocycles. The van der Waals surface area contributed by atoms with E-state index >= 15 is 0 Å². The lowest BCUT2D eigenvalue weighted by Crippen LogP contribution is -2.08. The van der Waals surface area contributed by atoms with E-state index in [4.69, 9.17) is 0 Å². The number of hydrogen-bond donors (Lipinski definition) is 0. The van der Waals surface area contributed by atoms with Crippen molar-refractivity contribution in [3.8, 4) is 0 Å². The van der Waals surface area contributed by atoms with Gasteiger partial charge >= 0.3 is 0 Å². The average Bonchev–Trinajstić information content (AvgIpc) is 2.73. The molecule has 5 heteroatoms. The van der Waals surface area contributed by atoms with Gasteiger partial charge in [-0.3, -0.25) is 0 Å². The maximum absolute atomic E-state index is 4.24. The van der Waals surface area contributed by atoms with Crippen LogP contribution in [0.3, 0.4) is 0 Å². The molecule has 0 aliphatic rings. The molecule has 0 aliphatic carbocycles. The van der Waals surface area contributed by atoms with Gasteiger partial charge in [-0.05, 0) is 37.6 Å². The van der Waals surface area contributed by atoms with Crippen LogP contribution in [0.25, 0.3) is 0 Å². The van der Waals surface area contributed by atoms with Crippen LogP contribution >= 0.6 is 11.3 Å². The van der Waals surface area contributed by atoms with E-state index < -0.39 is 0 Å². The molecule has 0 N–H and O–H groups in total. The molecule has 0 saturated carbocycles. The molecule has 0 amide bonds. The normalized spacial score (nSPS) is 11.1. The first-order chi connectivity index (χ1) is 8.56. The topological polar surface area (TPSA) is 40.9 Å². The van der Waals surface area contributed by atoms with Crippen molar-refractivity contribution < 1.29 is 0 Å². The van der Waals surface area contributed by atoms with Crippen molar-refractivity contribution in [3.05, 3.63) is 34.8 Å². The number of hydrogen-bond acceptors (Lipinski definition) is 5. The summed E-state index contributed by atoms with van der Waals surface area (Å²) in [4.78, 5) is 7.37. The Morgan fingerprint density at radius 2 is 1.94 bits per heavy atom. The predicted molar refractivity (Wildman–Crippen MR) is 76.5 cm³/mol. The highest BCUT2D eigenvalue weighted by Gasteiger charge is 2.01. The Morgan fingerprint density at radius 3 is 2.50 bits per heavy atom. The third kappa shape index (κ3) is 2.92. The van der Waals surface area contributed by atoms with Crippen LogP contribution in [-0.2, 0) is 0 Å². The van der Waals surface area contributed by atoms with Crippen LogP contribution in [0.4, 0.5) is 16.5 Å². The third-order valence-electron chi connectivity index (χ3n) is 2.55. The summed E-state index contributed by atoms with van der Waals surface area (Å²) in [5.41, 5.74) is 3.16.